The van der Waals surface area contributed by atoms with Crippen LogP contribution in [0.25, 0.3) is 11.3 Å². The normalized spacial score (nSPS) is 13.4. The number of nitrogens with two attached hydrogens (primary N) is 1. The number of aromatic nitrogens is 2. The molecular formula is C35H44F5N5O5S. The van der Waals surface area contributed by atoms with Gasteiger partial charge < -0.3 is 19.9 Å². The van der Waals surface area contributed by atoms with Crippen LogP contribution in [-0.4, -0.2) is 75.4 Å². The molecule has 0 radical (unpaired) electrons. The zero-order valence-corrected chi connectivity index (χ0v) is 30.2. The SMILES string of the molecule is CC(C)(C)N(OC(=O)C(F)(F)F)C(=O)OCCCN[C@@](C(=O)CSCCN)(c1nc(-c2cc(F)ccc2F)cn1Cc1ccccc1)C(C)(C)C. The fourth-order valence-electron chi connectivity index (χ4n) is 5.27. The molecule has 0 fully saturated rings. The molecule has 0 unspecified atom stereocenters. The van der Waals surface area contributed by atoms with Gasteiger partial charge in [-0.2, -0.15) is 24.9 Å². The van der Waals surface area contributed by atoms with Crippen molar-refractivity contribution < 1.29 is 45.9 Å². The highest BCUT2D eigenvalue weighted by atomic mass is 32.2. The average Bonchev–Trinajstić information content (AvgIpc) is 3.44. The van der Waals surface area contributed by atoms with E-state index in [1.807, 2.05) is 51.1 Å². The molecule has 0 saturated carbocycles. The van der Waals surface area contributed by atoms with Crippen LogP contribution in [0.5, 0.6) is 0 Å². The lowest BCUT2D eigenvalue weighted by atomic mass is 9.70. The van der Waals surface area contributed by atoms with E-state index in [9.17, 15) is 31.9 Å². The summed E-state index contributed by atoms with van der Waals surface area (Å²) in [7, 11) is 0. The van der Waals surface area contributed by atoms with Crippen LogP contribution in [0.3, 0.4) is 0 Å². The fraction of sp³-hybridized carbons (Fsp3) is 0.486. The molecular weight excluding hydrogens is 697 g/mol. The average molecular weight is 742 g/mol. The third-order valence-electron chi connectivity index (χ3n) is 7.67. The smallest absolute Gasteiger partial charge is 0.447 e. The lowest BCUT2D eigenvalue weighted by Crippen LogP contribution is -2.60. The number of benzene rings is 2. The predicted molar refractivity (Wildman–Crippen MR) is 183 cm³/mol. The minimum atomic E-state index is -5.34. The fourth-order valence-corrected chi connectivity index (χ4v) is 5.98. The number of halogens is 5. The van der Waals surface area contributed by atoms with E-state index in [1.165, 1.54) is 32.5 Å². The molecule has 16 heteroatoms. The number of hydrogen-bond acceptors (Lipinski definition) is 9. The molecule has 3 aromatic rings. The van der Waals surface area contributed by atoms with Gasteiger partial charge in [0.2, 0.25) is 0 Å². The molecule has 1 heterocycles. The first-order valence-corrected chi connectivity index (χ1v) is 17.3. The van der Waals surface area contributed by atoms with Crippen LogP contribution >= 0.6 is 11.8 Å². The van der Waals surface area contributed by atoms with E-state index in [1.54, 1.807) is 10.8 Å². The summed E-state index contributed by atoms with van der Waals surface area (Å²) in [5.74, 6) is -3.51. The highest BCUT2D eigenvalue weighted by molar-refractivity contribution is 7.99. The van der Waals surface area contributed by atoms with Gasteiger partial charge in [-0.15, -0.1) is 5.06 Å². The maximum absolute atomic E-state index is 15.1. The largest absolute Gasteiger partial charge is 0.493 e. The first-order valence-electron chi connectivity index (χ1n) is 16.1. The predicted octanol–water partition coefficient (Wildman–Crippen LogP) is 6.62. The van der Waals surface area contributed by atoms with Gasteiger partial charge in [0.15, 0.2) is 5.78 Å². The quantitative estimate of drug-likeness (QED) is 0.107. The highest BCUT2D eigenvalue weighted by Gasteiger charge is 2.52. The standard InChI is InChI=1S/C35H44F5N5O5S/c1-32(2,3)34(28(46)22-51-18-15-41,42-16-10-17-49-31(48)45(33(4,5)6)50-30(47)35(38,39)40)29-43-27(25-19-24(36)13-14-26(25)37)21-44(29)20-23-11-8-7-9-12-23/h7-9,11-14,19,21,42H,10,15-18,20,22,41H2,1-6H3/t34-/m0/s1. The van der Waals surface area contributed by atoms with Gasteiger partial charge >= 0.3 is 18.2 Å². The number of imidazole rings is 1. The van der Waals surface area contributed by atoms with Crippen molar-refractivity contribution in [2.75, 3.05) is 31.2 Å². The summed E-state index contributed by atoms with van der Waals surface area (Å²) in [6.07, 6.45) is -5.04. The molecule has 0 aliphatic heterocycles. The Morgan fingerprint density at radius 3 is 2.25 bits per heavy atom. The van der Waals surface area contributed by atoms with Gasteiger partial charge in [-0.05, 0) is 62.9 Å². The number of hydrogen-bond donors (Lipinski definition) is 2. The Morgan fingerprint density at radius 2 is 1.67 bits per heavy atom. The molecule has 1 atom stereocenters. The minimum Gasteiger partial charge on any atom is -0.447 e. The second-order valence-corrected chi connectivity index (χ2v) is 14.8. The zero-order valence-electron chi connectivity index (χ0n) is 29.4. The molecule has 3 N–H and O–H groups in total. The molecule has 0 aliphatic carbocycles. The van der Waals surface area contributed by atoms with E-state index < -0.39 is 46.4 Å². The first-order chi connectivity index (χ1) is 23.7. The Kier molecular flexibility index (Phi) is 13.8. The van der Waals surface area contributed by atoms with Gasteiger partial charge in [-0.25, -0.2) is 23.4 Å². The third kappa shape index (κ3) is 10.5. The molecule has 1 amide bonds. The van der Waals surface area contributed by atoms with Crippen molar-refractivity contribution in [1.82, 2.24) is 19.9 Å². The number of rotatable bonds is 14. The number of nitrogens with one attached hydrogen (secondary N) is 1. The summed E-state index contributed by atoms with van der Waals surface area (Å²) in [5, 5.41) is 3.54. The molecule has 0 saturated heterocycles. The minimum absolute atomic E-state index is 0.0173. The Labute approximate surface area is 298 Å². The monoisotopic (exact) mass is 741 g/mol. The lowest BCUT2D eigenvalue weighted by molar-refractivity contribution is -0.243. The van der Waals surface area contributed by atoms with Gasteiger partial charge in [0, 0.05) is 30.6 Å². The van der Waals surface area contributed by atoms with Crippen LogP contribution in [0.2, 0.25) is 0 Å². The summed E-state index contributed by atoms with van der Waals surface area (Å²) >= 11 is 1.32. The summed E-state index contributed by atoms with van der Waals surface area (Å²) in [5.41, 5.74) is 2.70. The van der Waals surface area contributed by atoms with Crippen LogP contribution in [0.15, 0.2) is 54.7 Å². The summed E-state index contributed by atoms with van der Waals surface area (Å²) < 4.78 is 74.9. The van der Waals surface area contributed by atoms with E-state index in [-0.39, 0.29) is 59.8 Å². The third-order valence-corrected chi connectivity index (χ3v) is 8.66. The van der Waals surface area contributed by atoms with Gasteiger partial charge in [-0.1, -0.05) is 51.1 Å². The molecule has 0 bridgehead atoms. The Morgan fingerprint density at radius 1 is 1.00 bits per heavy atom. The summed E-state index contributed by atoms with van der Waals surface area (Å²) in [4.78, 5) is 47.8. The number of hydroxylamine groups is 2. The van der Waals surface area contributed by atoms with Gasteiger partial charge in [-0.3, -0.25) is 10.1 Å². The number of carbonyl (C=O) groups excluding carboxylic acids is 3. The second kappa shape index (κ2) is 17.0. The second-order valence-electron chi connectivity index (χ2n) is 13.7. The summed E-state index contributed by atoms with van der Waals surface area (Å²) in [6.45, 7) is 9.78. The van der Waals surface area contributed by atoms with Crippen LogP contribution < -0.4 is 11.1 Å². The highest BCUT2D eigenvalue weighted by Crippen LogP contribution is 2.42. The number of carbonyl (C=O) groups is 3. The van der Waals surface area contributed by atoms with Crippen molar-refractivity contribution in [3.63, 3.8) is 0 Å². The number of thioether (sulfide) groups is 1. The molecule has 0 spiro atoms. The van der Waals surface area contributed by atoms with Crippen LogP contribution in [0.1, 0.15) is 59.4 Å². The van der Waals surface area contributed by atoms with E-state index in [2.05, 4.69) is 10.2 Å². The van der Waals surface area contributed by atoms with Gasteiger partial charge in [0.25, 0.3) is 0 Å². The molecule has 2 aromatic carbocycles. The Bertz CT molecular complexity index is 1660. The van der Waals surface area contributed by atoms with E-state index in [0.29, 0.717) is 12.3 Å². The van der Waals surface area contributed by atoms with E-state index in [4.69, 9.17) is 15.5 Å². The van der Waals surface area contributed by atoms with Crippen molar-refractivity contribution in [2.24, 2.45) is 11.1 Å². The number of amides is 1. The Hall–Kier alpha value is -4.02. The first kappa shape index (κ1) is 41.4. The van der Waals surface area contributed by atoms with Crippen molar-refractivity contribution in [3.8, 4) is 11.3 Å². The summed E-state index contributed by atoms with van der Waals surface area (Å²) in [6, 6.07) is 12.3. The van der Waals surface area contributed by atoms with Crippen molar-refractivity contribution in [1.29, 1.82) is 0 Å². The van der Waals surface area contributed by atoms with E-state index in [0.717, 1.165) is 23.8 Å². The van der Waals surface area contributed by atoms with Crippen molar-refractivity contribution >= 4 is 29.6 Å². The molecule has 1 aromatic heterocycles. The van der Waals surface area contributed by atoms with E-state index >= 15 is 4.39 Å². The number of Topliss-reactive ketones (excluding diaryl/α,β-unsaturated/α-hetero) is 1. The number of ketones is 1. The number of alkyl halides is 3. The maximum Gasteiger partial charge on any atom is 0.493 e. The topological polar surface area (TPSA) is 129 Å². The molecule has 280 valence electrons. The van der Waals surface area contributed by atoms with Crippen LogP contribution in [-0.2, 0) is 31.2 Å². The molecule has 3 rings (SSSR count). The number of nitrogens with zero attached hydrogens (tertiary/aromatic N) is 3. The number of ether oxygens (including phenoxy) is 1. The maximum atomic E-state index is 15.1. The lowest BCUT2D eigenvalue weighted by Gasteiger charge is -2.44. The van der Waals surface area contributed by atoms with Gasteiger partial charge in [0.05, 0.1) is 23.6 Å². The van der Waals surface area contributed by atoms with Crippen molar-refractivity contribution in [3.05, 3.63) is 77.8 Å². The molecule has 0 aliphatic rings. The van der Waals surface area contributed by atoms with Gasteiger partial charge in [0.1, 0.15) is 23.0 Å². The molecule has 10 nitrogen and oxygen atoms in total. The molecule has 51 heavy (non-hydrogen) atoms. The zero-order chi connectivity index (χ0) is 38.2. The van der Waals surface area contributed by atoms with Crippen LogP contribution in [0, 0.1) is 17.0 Å². The van der Waals surface area contributed by atoms with Crippen LogP contribution in [0.4, 0.5) is 26.7 Å². The Balaban J connectivity index is 2.02. The van der Waals surface area contributed by atoms with Crippen molar-refractivity contribution in [2.45, 2.75) is 71.8 Å².